The Morgan fingerprint density at radius 1 is 0.962 bits per heavy atom. The van der Waals surface area contributed by atoms with Crippen LogP contribution in [0.2, 0.25) is 0 Å². The van der Waals surface area contributed by atoms with Crippen molar-refractivity contribution in [3.05, 3.63) is 51.5 Å². The normalized spacial score (nSPS) is 17.1. The van der Waals surface area contributed by atoms with Crippen LogP contribution in [0.25, 0.3) is 0 Å². The van der Waals surface area contributed by atoms with Gasteiger partial charge >= 0.3 is 0 Å². The summed E-state index contributed by atoms with van der Waals surface area (Å²) in [5, 5.41) is 0.626. The van der Waals surface area contributed by atoms with Crippen molar-refractivity contribution in [3.8, 4) is 0 Å². The third-order valence-electron chi connectivity index (χ3n) is 5.13. The fraction of sp³-hybridized carbons (Fsp3) is 0.450. The lowest BCUT2D eigenvalue weighted by molar-refractivity contribution is -0.130. The number of nitrogens with zero attached hydrogens (tertiary/aromatic N) is 3. The van der Waals surface area contributed by atoms with Gasteiger partial charge in [-0.15, -0.1) is 11.3 Å². The van der Waals surface area contributed by atoms with E-state index in [1.807, 2.05) is 40.1 Å². The Labute approximate surface area is 157 Å². The van der Waals surface area contributed by atoms with Crippen molar-refractivity contribution in [1.82, 2.24) is 14.8 Å². The van der Waals surface area contributed by atoms with Crippen molar-refractivity contribution in [2.45, 2.75) is 32.1 Å². The molecule has 0 N–H and O–H groups in total. The first-order chi connectivity index (χ1) is 12.7. The summed E-state index contributed by atoms with van der Waals surface area (Å²) in [5.74, 6) is 0.248. The Morgan fingerprint density at radius 3 is 2.46 bits per heavy atom. The average Bonchev–Trinajstić information content (AvgIpc) is 3.29. The quantitative estimate of drug-likeness (QED) is 0.835. The maximum Gasteiger partial charge on any atom is 0.282 e. The van der Waals surface area contributed by atoms with Crippen molar-refractivity contribution in [1.29, 1.82) is 0 Å². The summed E-state index contributed by atoms with van der Waals surface area (Å²) in [7, 11) is 0. The summed E-state index contributed by atoms with van der Waals surface area (Å²) in [6.07, 6.45) is 4.16. The lowest BCUT2D eigenvalue weighted by atomic mass is 10.1. The zero-order valence-corrected chi connectivity index (χ0v) is 15.6. The van der Waals surface area contributed by atoms with E-state index in [1.54, 1.807) is 0 Å². The highest BCUT2D eigenvalue weighted by molar-refractivity contribution is 7.13. The minimum atomic E-state index is 0.0811. The van der Waals surface area contributed by atoms with Gasteiger partial charge in [0.05, 0.1) is 12.1 Å². The summed E-state index contributed by atoms with van der Waals surface area (Å²) in [6.45, 7) is 3.09. The summed E-state index contributed by atoms with van der Waals surface area (Å²) >= 11 is 1.52. The minimum absolute atomic E-state index is 0.0811. The van der Waals surface area contributed by atoms with Crippen molar-refractivity contribution in [3.63, 3.8) is 0 Å². The molecule has 6 heteroatoms. The first kappa shape index (κ1) is 17.2. The number of benzene rings is 1. The Morgan fingerprint density at radius 2 is 1.69 bits per heavy atom. The lowest BCUT2D eigenvalue weighted by Crippen LogP contribution is -2.34. The number of aromatic nitrogens is 1. The van der Waals surface area contributed by atoms with E-state index >= 15 is 0 Å². The van der Waals surface area contributed by atoms with Crippen LogP contribution < -0.4 is 0 Å². The van der Waals surface area contributed by atoms with Gasteiger partial charge in [-0.1, -0.05) is 30.3 Å². The molecular formula is C20H23N3O2S. The van der Waals surface area contributed by atoms with Gasteiger partial charge in [-0.2, -0.15) is 0 Å². The van der Waals surface area contributed by atoms with E-state index < -0.39 is 0 Å². The Kier molecular flexibility index (Phi) is 5.02. The number of hydrogen-bond donors (Lipinski definition) is 0. The van der Waals surface area contributed by atoms with E-state index in [-0.39, 0.29) is 11.8 Å². The smallest absolute Gasteiger partial charge is 0.282 e. The van der Waals surface area contributed by atoms with Gasteiger partial charge in [-0.25, -0.2) is 4.98 Å². The van der Waals surface area contributed by atoms with Crippen LogP contribution >= 0.6 is 11.3 Å². The second-order valence-electron chi connectivity index (χ2n) is 6.93. The van der Waals surface area contributed by atoms with Gasteiger partial charge in [-0.05, 0) is 18.4 Å². The number of fused-ring (bicyclic) bond motifs is 1. The molecule has 26 heavy (non-hydrogen) atoms. The molecule has 2 aliphatic heterocycles. The van der Waals surface area contributed by atoms with Crippen molar-refractivity contribution >= 4 is 23.2 Å². The average molecular weight is 369 g/mol. The molecule has 136 valence electrons. The van der Waals surface area contributed by atoms with E-state index in [0.717, 1.165) is 50.0 Å². The third kappa shape index (κ3) is 3.65. The number of thiazole rings is 1. The van der Waals surface area contributed by atoms with E-state index in [9.17, 15) is 9.59 Å². The predicted molar refractivity (Wildman–Crippen MR) is 101 cm³/mol. The van der Waals surface area contributed by atoms with Gasteiger partial charge < -0.3 is 9.80 Å². The highest BCUT2D eigenvalue weighted by atomic mass is 32.1. The molecule has 0 bridgehead atoms. The summed E-state index contributed by atoms with van der Waals surface area (Å²) in [4.78, 5) is 34.8. The third-order valence-corrected chi connectivity index (χ3v) is 6.28. The van der Waals surface area contributed by atoms with Crippen LogP contribution in [0.5, 0.6) is 0 Å². The lowest BCUT2D eigenvalue weighted by Gasteiger charge is -2.20. The van der Waals surface area contributed by atoms with Crippen LogP contribution in [0.4, 0.5) is 0 Å². The van der Waals surface area contributed by atoms with E-state index in [1.165, 1.54) is 16.2 Å². The maximum atomic E-state index is 12.6. The number of hydrogen-bond acceptors (Lipinski definition) is 4. The highest BCUT2D eigenvalue weighted by Gasteiger charge is 2.26. The zero-order valence-electron chi connectivity index (χ0n) is 14.8. The van der Waals surface area contributed by atoms with E-state index in [0.29, 0.717) is 24.5 Å². The van der Waals surface area contributed by atoms with Crippen LogP contribution in [-0.4, -0.2) is 52.8 Å². The fourth-order valence-corrected chi connectivity index (χ4v) is 4.71. The monoisotopic (exact) mass is 369 g/mol. The van der Waals surface area contributed by atoms with Crippen LogP contribution in [0.15, 0.2) is 30.3 Å². The SMILES string of the molecule is O=C(Cc1ccccc1)N1CCc2nc(C(=O)N3CCCC3)sc2CC1. The van der Waals surface area contributed by atoms with Crippen LogP contribution in [0, 0.1) is 0 Å². The molecule has 1 saturated heterocycles. The first-order valence-electron chi connectivity index (χ1n) is 9.30. The second kappa shape index (κ2) is 7.58. The van der Waals surface area contributed by atoms with Gasteiger partial charge in [0.25, 0.3) is 5.91 Å². The molecule has 0 unspecified atom stereocenters. The number of carbonyl (C=O) groups excluding carboxylic acids is 2. The van der Waals surface area contributed by atoms with Crippen molar-refractivity contribution in [2.75, 3.05) is 26.2 Å². The van der Waals surface area contributed by atoms with Crippen molar-refractivity contribution in [2.24, 2.45) is 0 Å². The Bertz CT molecular complexity index is 771. The second-order valence-corrected chi connectivity index (χ2v) is 8.01. The predicted octanol–water partition coefficient (Wildman–Crippen LogP) is 2.55. The number of likely N-dealkylation sites (tertiary alicyclic amines) is 1. The largest absolute Gasteiger partial charge is 0.342 e. The minimum Gasteiger partial charge on any atom is -0.342 e. The molecular weight excluding hydrogens is 346 g/mol. The van der Waals surface area contributed by atoms with Gasteiger partial charge in [0.2, 0.25) is 5.91 Å². The molecule has 0 atom stereocenters. The number of rotatable bonds is 3. The van der Waals surface area contributed by atoms with Gasteiger partial charge in [0.1, 0.15) is 0 Å². The topological polar surface area (TPSA) is 53.5 Å². The molecule has 1 aromatic heterocycles. The molecule has 0 radical (unpaired) electrons. The first-order valence-corrected chi connectivity index (χ1v) is 10.1. The van der Waals surface area contributed by atoms with E-state index in [4.69, 9.17) is 0 Å². The Hall–Kier alpha value is -2.21. The molecule has 1 fully saturated rings. The Balaban J connectivity index is 1.39. The molecule has 2 aliphatic rings. The molecule has 3 heterocycles. The molecule has 0 spiro atoms. The van der Waals surface area contributed by atoms with Gasteiger partial charge in [0, 0.05) is 43.9 Å². The molecule has 2 amide bonds. The standard InChI is InChI=1S/C20H23N3O2S/c24-18(14-15-6-2-1-3-7-15)22-12-8-16-17(9-13-22)26-19(21-16)20(25)23-10-4-5-11-23/h1-3,6-7H,4-5,8-14H2. The molecule has 0 saturated carbocycles. The highest BCUT2D eigenvalue weighted by Crippen LogP contribution is 2.25. The van der Waals surface area contributed by atoms with Gasteiger partial charge in [0.15, 0.2) is 5.01 Å². The zero-order chi connectivity index (χ0) is 17.9. The van der Waals surface area contributed by atoms with Crippen LogP contribution in [0.1, 0.15) is 38.8 Å². The fourth-order valence-electron chi connectivity index (χ4n) is 3.64. The maximum absolute atomic E-state index is 12.6. The molecule has 1 aromatic carbocycles. The molecule has 2 aromatic rings. The van der Waals surface area contributed by atoms with Crippen LogP contribution in [-0.2, 0) is 24.1 Å². The van der Waals surface area contributed by atoms with E-state index in [2.05, 4.69) is 4.98 Å². The molecule has 4 rings (SSSR count). The van der Waals surface area contributed by atoms with Crippen molar-refractivity contribution < 1.29 is 9.59 Å². The van der Waals surface area contributed by atoms with Gasteiger partial charge in [-0.3, -0.25) is 9.59 Å². The van der Waals surface area contributed by atoms with Crippen LogP contribution in [0.3, 0.4) is 0 Å². The molecule has 5 nitrogen and oxygen atoms in total. The summed E-state index contributed by atoms with van der Waals surface area (Å²) < 4.78 is 0. The number of carbonyl (C=O) groups is 2. The summed E-state index contributed by atoms with van der Waals surface area (Å²) in [5.41, 5.74) is 2.06. The number of amides is 2. The summed E-state index contributed by atoms with van der Waals surface area (Å²) in [6, 6.07) is 9.87. The molecule has 0 aliphatic carbocycles.